The van der Waals surface area contributed by atoms with Crippen molar-refractivity contribution in [3.8, 4) is 11.3 Å². The molecule has 1 atom stereocenters. The zero-order chi connectivity index (χ0) is 17.8. The molecule has 0 aliphatic carbocycles. The van der Waals surface area contributed by atoms with Gasteiger partial charge < -0.3 is 5.32 Å². The third-order valence-corrected chi connectivity index (χ3v) is 7.05. The van der Waals surface area contributed by atoms with Gasteiger partial charge in [-0.05, 0) is 55.9 Å². The van der Waals surface area contributed by atoms with Crippen LogP contribution in [0.2, 0.25) is 0 Å². The second-order valence-corrected chi connectivity index (χ2v) is 9.06. The minimum absolute atomic E-state index is 0.108. The number of nitrogens with zero attached hydrogens (tertiary/aromatic N) is 2. The van der Waals surface area contributed by atoms with Crippen LogP contribution in [0.15, 0.2) is 35.2 Å². The molecule has 4 rings (SSSR count). The van der Waals surface area contributed by atoms with Gasteiger partial charge in [-0.1, -0.05) is 12.1 Å². The Morgan fingerprint density at radius 2 is 1.96 bits per heavy atom. The normalized spacial score (nSPS) is 22.2. The number of hydrogen-bond acceptors (Lipinski definition) is 5. The average Bonchev–Trinajstić information content (AvgIpc) is 3.24. The second-order valence-electron chi connectivity index (χ2n) is 7.12. The van der Waals surface area contributed by atoms with E-state index in [1.165, 1.54) is 24.3 Å². The molecule has 1 amide bonds. The topological polar surface area (TPSA) is 45.2 Å². The molecule has 1 N–H and O–H groups in total. The molecule has 138 valence electrons. The molecule has 0 saturated carbocycles. The monoisotopic (exact) mass is 387 g/mol. The molecule has 2 saturated heterocycles. The Kier molecular flexibility index (Phi) is 5.92. The Bertz CT molecular complexity index is 711. The summed E-state index contributed by atoms with van der Waals surface area (Å²) in [5.41, 5.74) is 4.79. The van der Waals surface area contributed by atoms with Crippen molar-refractivity contribution in [1.29, 1.82) is 0 Å². The number of hydrogen-bond donors (Lipinski definition) is 1. The first-order valence-corrected chi connectivity index (χ1v) is 11.5. The number of benzene rings is 1. The fourth-order valence-electron chi connectivity index (χ4n) is 3.93. The van der Waals surface area contributed by atoms with Gasteiger partial charge in [-0.3, -0.25) is 9.69 Å². The van der Waals surface area contributed by atoms with Gasteiger partial charge in [0.2, 0.25) is 5.91 Å². The van der Waals surface area contributed by atoms with Crippen molar-refractivity contribution in [2.24, 2.45) is 5.92 Å². The number of carbonyl (C=O) groups is 1. The zero-order valence-electron chi connectivity index (χ0n) is 14.9. The van der Waals surface area contributed by atoms with Crippen LogP contribution in [-0.4, -0.2) is 46.4 Å². The fraction of sp³-hybridized carbons (Fsp3) is 0.500. The molecule has 6 heteroatoms. The maximum Gasteiger partial charge on any atom is 0.228 e. The Morgan fingerprint density at radius 1 is 1.15 bits per heavy atom. The summed E-state index contributed by atoms with van der Waals surface area (Å²) >= 11 is 3.65. The molecule has 4 nitrogen and oxygen atoms in total. The Balaban J connectivity index is 1.35. The number of amides is 1. The SMILES string of the molecule is O=C(Nc1ccc(-c2cscn2)cc1)C1CCCN(C2CCSCC2)C1. The van der Waals surface area contributed by atoms with Gasteiger partial charge >= 0.3 is 0 Å². The summed E-state index contributed by atoms with van der Waals surface area (Å²) in [4.78, 5) is 19.7. The van der Waals surface area contributed by atoms with E-state index in [2.05, 4.69) is 27.0 Å². The van der Waals surface area contributed by atoms with E-state index in [9.17, 15) is 4.79 Å². The number of nitrogens with one attached hydrogen (secondary N) is 1. The third kappa shape index (κ3) is 4.30. The summed E-state index contributed by atoms with van der Waals surface area (Å²) in [6.07, 6.45) is 4.68. The maximum atomic E-state index is 12.8. The van der Waals surface area contributed by atoms with E-state index in [4.69, 9.17) is 0 Å². The van der Waals surface area contributed by atoms with Crippen molar-refractivity contribution in [3.63, 3.8) is 0 Å². The van der Waals surface area contributed by atoms with E-state index in [-0.39, 0.29) is 11.8 Å². The lowest BCUT2D eigenvalue weighted by atomic mass is 9.94. The Morgan fingerprint density at radius 3 is 2.69 bits per heavy atom. The smallest absolute Gasteiger partial charge is 0.228 e. The number of aromatic nitrogens is 1. The van der Waals surface area contributed by atoms with Crippen LogP contribution in [0.5, 0.6) is 0 Å². The molecule has 2 aliphatic heterocycles. The van der Waals surface area contributed by atoms with E-state index >= 15 is 0 Å². The largest absolute Gasteiger partial charge is 0.326 e. The lowest BCUT2D eigenvalue weighted by molar-refractivity contribution is -0.121. The molecule has 1 unspecified atom stereocenters. The Hall–Kier alpha value is -1.37. The van der Waals surface area contributed by atoms with Crippen LogP contribution in [0.1, 0.15) is 25.7 Å². The van der Waals surface area contributed by atoms with E-state index in [1.807, 2.05) is 35.2 Å². The molecule has 1 aromatic carbocycles. The van der Waals surface area contributed by atoms with E-state index in [0.717, 1.165) is 42.9 Å². The minimum atomic E-state index is 0.108. The highest BCUT2D eigenvalue weighted by molar-refractivity contribution is 7.99. The molecule has 0 bridgehead atoms. The Labute approximate surface area is 163 Å². The predicted molar refractivity (Wildman–Crippen MR) is 111 cm³/mol. The molecule has 0 spiro atoms. The van der Waals surface area contributed by atoms with Crippen LogP contribution < -0.4 is 5.32 Å². The third-order valence-electron chi connectivity index (χ3n) is 5.41. The highest BCUT2D eigenvalue weighted by Crippen LogP contribution is 2.27. The van der Waals surface area contributed by atoms with Gasteiger partial charge in [0.25, 0.3) is 0 Å². The molecule has 3 heterocycles. The summed E-state index contributed by atoms with van der Waals surface area (Å²) in [6, 6.07) is 8.69. The van der Waals surface area contributed by atoms with Crippen LogP contribution in [0.3, 0.4) is 0 Å². The van der Waals surface area contributed by atoms with Crippen molar-refractivity contribution in [2.75, 3.05) is 29.9 Å². The lowest BCUT2D eigenvalue weighted by Crippen LogP contribution is -2.47. The van der Waals surface area contributed by atoms with Crippen molar-refractivity contribution in [1.82, 2.24) is 9.88 Å². The summed E-state index contributed by atoms with van der Waals surface area (Å²) < 4.78 is 0. The van der Waals surface area contributed by atoms with Gasteiger partial charge in [-0.15, -0.1) is 11.3 Å². The molecule has 2 fully saturated rings. The van der Waals surface area contributed by atoms with E-state index in [1.54, 1.807) is 11.3 Å². The number of carbonyl (C=O) groups excluding carboxylic acids is 1. The molecule has 2 aliphatic rings. The summed E-state index contributed by atoms with van der Waals surface area (Å²) in [5.74, 6) is 2.81. The second kappa shape index (κ2) is 8.55. The first kappa shape index (κ1) is 18.0. The van der Waals surface area contributed by atoms with Gasteiger partial charge in [-0.2, -0.15) is 11.8 Å². The zero-order valence-corrected chi connectivity index (χ0v) is 16.5. The summed E-state index contributed by atoms with van der Waals surface area (Å²) in [6.45, 7) is 2.07. The maximum absolute atomic E-state index is 12.8. The van der Waals surface area contributed by atoms with Gasteiger partial charge in [-0.25, -0.2) is 4.98 Å². The number of rotatable bonds is 4. The van der Waals surface area contributed by atoms with Crippen molar-refractivity contribution in [2.45, 2.75) is 31.7 Å². The van der Waals surface area contributed by atoms with Crippen LogP contribution in [0, 0.1) is 5.92 Å². The summed E-state index contributed by atoms with van der Waals surface area (Å²) in [5, 5.41) is 5.16. The first-order chi connectivity index (χ1) is 12.8. The van der Waals surface area contributed by atoms with Crippen LogP contribution in [-0.2, 0) is 4.79 Å². The van der Waals surface area contributed by atoms with Gasteiger partial charge in [0.1, 0.15) is 0 Å². The van der Waals surface area contributed by atoms with Crippen molar-refractivity contribution >= 4 is 34.7 Å². The van der Waals surface area contributed by atoms with Crippen LogP contribution >= 0.6 is 23.1 Å². The highest BCUT2D eigenvalue weighted by Gasteiger charge is 2.30. The minimum Gasteiger partial charge on any atom is -0.326 e. The number of likely N-dealkylation sites (tertiary alicyclic amines) is 1. The van der Waals surface area contributed by atoms with Crippen LogP contribution in [0.25, 0.3) is 11.3 Å². The molecule has 26 heavy (non-hydrogen) atoms. The molecule has 2 aromatic rings. The van der Waals surface area contributed by atoms with Crippen molar-refractivity contribution in [3.05, 3.63) is 35.2 Å². The standard InChI is InChI=1S/C20H25N3OS2/c24-20(16-2-1-9-23(12-16)18-7-10-25-11-8-18)22-17-5-3-15(4-6-17)19-13-26-14-21-19/h3-6,13-14,16,18H,1-2,7-12H2,(H,22,24). The number of thiazole rings is 1. The lowest BCUT2D eigenvalue weighted by Gasteiger charge is -2.39. The molecule has 1 aromatic heterocycles. The van der Waals surface area contributed by atoms with Gasteiger partial charge in [0, 0.05) is 29.2 Å². The van der Waals surface area contributed by atoms with Crippen molar-refractivity contribution < 1.29 is 4.79 Å². The number of anilines is 1. The fourth-order valence-corrected chi connectivity index (χ4v) is 5.57. The highest BCUT2D eigenvalue weighted by atomic mass is 32.2. The quantitative estimate of drug-likeness (QED) is 0.847. The van der Waals surface area contributed by atoms with Gasteiger partial charge in [0.05, 0.1) is 17.1 Å². The average molecular weight is 388 g/mol. The van der Waals surface area contributed by atoms with Crippen LogP contribution in [0.4, 0.5) is 5.69 Å². The predicted octanol–water partition coefficient (Wildman–Crippen LogP) is 4.36. The first-order valence-electron chi connectivity index (χ1n) is 9.41. The number of piperidine rings is 1. The molecular weight excluding hydrogens is 362 g/mol. The van der Waals surface area contributed by atoms with E-state index in [0.29, 0.717) is 6.04 Å². The molecular formula is C20H25N3OS2. The molecule has 0 radical (unpaired) electrons. The van der Waals surface area contributed by atoms with Gasteiger partial charge in [0.15, 0.2) is 0 Å². The number of thioether (sulfide) groups is 1. The van der Waals surface area contributed by atoms with E-state index < -0.39 is 0 Å². The summed E-state index contributed by atoms with van der Waals surface area (Å²) in [7, 11) is 0.